The number of hydrogen-bond donors (Lipinski definition) is 1. The molecule has 31 heavy (non-hydrogen) atoms. The molecule has 0 bridgehead atoms. The van der Waals surface area contributed by atoms with Crippen LogP contribution in [0, 0.1) is 12.8 Å². The number of piperidine rings is 1. The van der Waals surface area contributed by atoms with Gasteiger partial charge in [-0.1, -0.05) is 31.2 Å². The monoisotopic (exact) mass is 443 g/mol. The maximum atomic E-state index is 12.7. The van der Waals surface area contributed by atoms with Crippen molar-refractivity contribution in [2.75, 3.05) is 35.1 Å². The maximum Gasteiger partial charge on any atom is 0.241 e. The molecule has 1 heterocycles. The number of anilines is 2. The van der Waals surface area contributed by atoms with Crippen LogP contribution in [0.1, 0.15) is 43.9 Å². The fourth-order valence-corrected chi connectivity index (χ4v) is 4.77. The van der Waals surface area contributed by atoms with E-state index >= 15 is 0 Å². The molecule has 0 radical (unpaired) electrons. The van der Waals surface area contributed by atoms with Gasteiger partial charge in [0, 0.05) is 18.8 Å². The second-order valence-electron chi connectivity index (χ2n) is 8.66. The third-order valence-corrected chi connectivity index (χ3v) is 7.04. The van der Waals surface area contributed by atoms with Gasteiger partial charge in [-0.15, -0.1) is 0 Å². The Kier molecular flexibility index (Phi) is 7.26. The van der Waals surface area contributed by atoms with Gasteiger partial charge in [0.1, 0.15) is 6.54 Å². The molecule has 2 aromatic rings. The first-order valence-corrected chi connectivity index (χ1v) is 12.7. The van der Waals surface area contributed by atoms with Crippen molar-refractivity contribution in [2.45, 2.75) is 39.7 Å². The fraction of sp³-hybridized carbons (Fsp3) is 0.458. The number of carbonyl (C=O) groups is 1. The lowest BCUT2D eigenvalue weighted by Gasteiger charge is -2.32. The summed E-state index contributed by atoms with van der Waals surface area (Å²) in [5.74, 6) is 0.450. The highest BCUT2D eigenvalue weighted by Gasteiger charge is 2.22. The highest BCUT2D eigenvalue weighted by Crippen LogP contribution is 2.25. The summed E-state index contributed by atoms with van der Waals surface area (Å²) in [6, 6.07) is 15.2. The SMILES string of the molecule is Cc1cccc(N(CC(=O)NC(C)c2ccc(N3CCC(C)CC3)cc2)S(C)(=O)=O)c1. The van der Waals surface area contributed by atoms with Crippen LogP contribution in [0.3, 0.4) is 0 Å². The van der Waals surface area contributed by atoms with Crippen LogP contribution in [0.4, 0.5) is 11.4 Å². The van der Waals surface area contributed by atoms with E-state index in [9.17, 15) is 13.2 Å². The zero-order valence-electron chi connectivity index (χ0n) is 18.8. The van der Waals surface area contributed by atoms with Gasteiger partial charge >= 0.3 is 0 Å². The van der Waals surface area contributed by atoms with E-state index in [1.807, 2.05) is 32.0 Å². The van der Waals surface area contributed by atoms with E-state index < -0.39 is 10.0 Å². The molecule has 1 aliphatic heterocycles. The number of nitrogens with one attached hydrogen (secondary N) is 1. The third kappa shape index (κ3) is 6.23. The molecule has 7 heteroatoms. The number of hydrogen-bond acceptors (Lipinski definition) is 4. The predicted octanol–water partition coefficient (Wildman–Crippen LogP) is 3.87. The van der Waals surface area contributed by atoms with Crippen molar-refractivity contribution in [3.8, 4) is 0 Å². The molecule has 0 saturated carbocycles. The van der Waals surface area contributed by atoms with Gasteiger partial charge in [0.2, 0.25) is 15.9 Å². The molecule has 0 aromatic heterocycles. The van der Waals surface area contributed by atoms with Crippen molar-refractivity contribution in [1.29, 1.82) is 0 Å². The molecule has 1 unspecified atom stereocenters. The highest BCUT2D eigenvalue weighted by atomic mass is 32.2. The number of carbonyl (C=O) groups excluding carboxylic acids is 1. The van der Waals surface area contributed by atoms with Crippen molar-refractivity contribution in [2.24, 2.45) is 5.92 Å². The first-order valence-electron chi connectivity index (χ1n) is 10.8. The molecule has 1 saturated heterocycles. The largest absolute Gasteiger partial charge is 0.372 e. The van der Waals surface area contributed by atoms with E-state index in [-0.39, 0.29) is 18.5 Å². The predicted molar refractivity (Wildman–Crippen MR) is 127 cm³/mol. The van der Waals surface area contributed by atoms with E-state index in [4.69, 9.17) is 0 Å². The Labute approximate surface area is 186 Å². The average Bonchev–Trinajstić information content (AvgIpc) is 2.72. The van der Waals surface area contributed by atoms with E-state index in [1.54, 1.807) is 18.2 Å². The molecule has 6 nitrogen and oxygen atoms in total. The molecule has 1 aliphatic rings. The molecular formula is C24H33N3O3S. The normalized spacial score (nSPS) is 16.1. The number of aryl methyl sites for hydroxylation is 1. The summed E-state index contributed by atoms with van der Waals surface area (Å²) in [6.45, 7) is 8.00. The van der Waals surface area contributed by atoms with Crippen LogP contribution in [-0.2, 0) is 14.8 Å². The molecular weight excluding hydrogens is 410 g/mol. The summed E-state index contributed by atoms with van der Waals surface area (Å²) in [6.07, 6.45) is 3.55. The molecule has 1 amide bonds. The molecule has 168 valence electrons. The summed E-state index contributed by atoms with van der Waals surface area (Å²) in [7, 11) is -3.59. The molecule has 1 fully saturated rings. The fourth-order valence-electron chi connectivity index (χ4n) is 3.92. The topological polar surface area (TPSA) is 69.7 Å². The Hall–Kier alpha value is -2.54. The van der Waals surface area contributed by atoms with Gasteiger partial charge < -0.3 is 10.2 Å². The van der Waals surface area contributed by atoms with Gasteiger partial charge in [0.25, 0.3) is 0 Å². The quantitative estimate of drug-likeness (QED) is 0.705. The Bertz CT molecular complexity index is 997. The van der Waals surface area contributed by atoms with Crippen LogP contribution in [0.25, 0.3) is 0 Å². The molecule has 0 spiro atoms. The van der Waals surface area contributed by atoms with Crippen molar-refractivity contribution >= 4 is 27.3 Å². The number of benzene rings is 2. The van der Waals surface area contributed by atoms with E-state index in [2.05, 4.69) is 29.3 Å². The first kappa shape index (κ1) is 23.1. The third-order valence-electron chi connectivity index (χ3n) is 5.90. The number of rotatable bonds is 7. The Balaban J connectivity index is 1.64. The van der Waals surface area contributed by atoms with E-state index in [0.717, 1.165) is 40.7 Å². The van der Waals surface area contributed by atoms with Crippen molar-refractivity contribution in [1.82, 2.24) is 5.32 Å². The van der Waals surface area contributed by atoms with Gasteiger partial charge in [0.15, 0.2) is 0 Å². The second kappa shape index (κ2) is 9.73. The Morgan fingerprint density at radius 3 is 2.39 bits per heavy atom. The summed E-state index contributed by atoms with van der Waals surface area (Å²) in [5.41, 5.74) is 3.62. The van der Waals surface area contributed by atoms with E-state index in [1.165, 1.54) is 18.5 Å². The number of sulfonamides is 1. The summed E-state index contributed by atoms with van der Waals surface area (Å²) < 4.78 is 25.7. The van der Waals surface area contributed by atoms with E-state index in [0.29, 0.717) is 5.69 Å². The van der Waals surface area contributed by atoms with Crippen LogP contribution >= 0.6 is 0 Å². The second-order valence-corrected chi connectivity index (χ2v) is 10.6. The van der Waals surface area contributed by atoms with Crippen LogP contribution < -0.4 is 14.5 Å². The lowest BCUT2D eigenvalue weighted by Crippen LogP contribution is -2.41. The van der Waals surface area contributed by atoms with Gasteiger partial charge in [-0.2, -0.15) is 0 Å². The Morgan fingerprint density at radius 2 is 1.81 bits per heavy atom. The van der Waals surface area contributed by atoms with Crippen molar-refractivity contribution in [3.05, 3.63) is 59.7 Å². The lowest BCUT2D eigenvalue weighted by molar-refractivity contribution is -0.120. The Morgan fingerprint density at radius 1 is 1.16 bits per heavy atom. The standard InChI is InChI=1S/C24H33N3O3S/c1-18-12-14-26(15-13-18)22-10-8-21(9-11-22)20(3)25-24(28)17-27(31(4,29)30)23-7-5-6-19(2)16-23/h5-11,16,18,20H,12-15,17H2,1-4H3,(H,25,28). The van der Waals surface area contributed by atoms with Gasteiger partial charge in [-0.05, 0) is 68.0 Å². The van der Waals surface area contributed by atoms with Crippen LogP contribution in [-0.4, -0.2) is 40.2 Å². The number of amides is 1. The van der Waals surface area contributed by atoms with Crippen molar-refractivity contribution in [3.63, 3.8) is 0 Å². The lowest BCUT2D eigenvalue weighted by atomic mass is 9.98. The smallest absolute Gasteiger partial charge is 0.241 e. The minimum atomic E-state index is -3.59. The van der Waals surface area contributed by atoms with Gasteiger partial charge in [-0.25, -0.2) is 8.42 Å². The zero-order valence-corrected chi connectivity index (χ0v) is 19.7. The molecule has 1 N–H and O–H groups in total. The summed E-state index contributed by atoms with van der Waals surface area (Å²) >= 11 is 0. The average molecular weight is 444 g/mol. The van der Waals surface area contributed by atoms with Crippen LogP contribution in [0.15, 0.2) is 48.5 Å². The summed E-state index contributed by atoms with van der Waals surface area (Å²) in [4.78, 5) is 15.1. The highest BCUT2D eigenvalue weighted by molar-refractivity contribution is 7.92. The minimum Gasteiger partial charge on any atom is -0.372 e. The van der Waals surface area contributed by atoms with Gasteiger partial charge in [0.05, 0.1) is 18.0 Å². The first-order chi connectivity index (χ1) is 14.6. The minimum absolute atomic E-state index is 0.221. The maximum absolute atomic E-state index is 12.7. The van der Waals surface area contributed by atoms with Crippen LogP contribution in [0.5, 0.6) is 0 Å². The molecule has 0 aliphatic carbocycles. The van der Waals surface area contributed by atoms with Crippen LogP contribution in [0.2, 0.25) is 0 Å². The van der Waals surface area contributed by atoms with Gasteiger partial charge in [-0.3, -0.25) is 9.10 Å². The zero-order chi connectivity index (χ0) is 22.6. The molecule has 3 rings (SSSR count). The summed E-state index contributed by atoms with van der Waals surface area (Å²) in [5, 5.41) is 2.93. The molecule has 1 atom stereocenters. The number of nitrogens with zero attached hydrogens (tertiary/aromatic N) is 2. The molecule has 2 aromatic carbocycles. The van der Waals surface area contributed by atoms with Crippen molar-refractivity contribution < 1.29 is 13.2 Å².